The highest BCUT2D eigenvalue weighted by Crippen LogP contribution is 2.32. The quantitative estimate of drug-likeness (QED) is 0.396. The molecule has 0 saturated carbocycles. The summed E-state index contributed by atoms with van der Waals surface area (Å²) >= 11 is 0. The van der Waals surface area contributed by atoms with Crippen LogP contribution in [0.5, 0.6) is 5.75 Å². The van der Waals surface area contributed by atoms with E-state index in [-0.39, 0.29) is 0 Å². The van der Waals surface area contributed by atoms with Crippen LogP contribution in [0.15, 0.2) is 48.5 Å². The molecule has 8 heteroatoms. The van der Waals surface area contributed by atoms with Gasteiger partial charge >= 0.3 is 0 Å². The first-order valence-electron chi connectivity index (χ1n) is 11.3. The van der Waals surface area contributed by atoms with Gasteiger partial charge in [0.05, 0.1) is 24.7 Å². The van der Waals surface area contributed by atoms with Crippen molar-refractivity contribution in [2.24, 2.45) is 5.92 Å². The van der Waals surface area contributed by atoms with Gasteiger partial charge in [0, 0.05) is 31.2 Å². The number of nitrogen functional groups attached to an aromatic ring is 1. The van der Waals surface area contributed by atoms with E-state index in [2.05, 4.69) is 21.1 Å². The van der Waals surface area contributed by atoms with Gasteiger partial charge < -0.3 is 24.6 Å². The molecule has 2 aromatic heterocycles. The lowest BCUT2D eigenvalue weighted by Gasteiger charge is -2.24. The van der Waals surface area contributed by atoms with Crippen molar-refractivity contribution in [3.63, 3.8) is 0 Å². The van der Waals surface area contributed by atoms with Gasteiger partial charge in [-0.25, -0.2) is 9.97 Å². The van der Waals surface area contributed by atoms with Crippen molar-refractivity contribution in [2.75, 3.05) is 26.1 Å². The van der Waals surface area contributed by atoms with Gasteiger partial charge in [0.1, 0.15) is 23.7 Å². The number of hydrogen-bond acceptors (Lipinski definition) is 7. The molecule has 4 aromatic rings. The molecule has 0 amide bonds. The summed E-state index contributed by atoms with van der Waals surface area (Å²) in [4.78, 5) is 14.6. The smallest absolute Gasteiger partial charge is 0.152 e. The molecule has 0 radical (unpaired) electrons. The zero-order valence-corrected chi connectivity index (χ0v) is 18.8. The van der Waals surface area contributed by atoms with Crippen molar-refractivity contribution in [2.45, 2.75) is 32.5 Å². The minimum absolute atomic E-state index is 0.419. The lowest BCUT2D eigenvalue weighted by Crippen LogP contribution is -2.23. The first kappa shape index (κ1) is 21.6. The van der Waals surface area contributed by atoms with E-state index in [0.29, 0.717) is 24.9 Å². The van der Waals surface area contributed by atoms with Crippen molar-refractivity contribution < 1.29 is 14.3 Å². The van der Waals surface area contributed by atoms with Crippen molar-refractivity contribution >= 4 is 27.8 Å². The second kappa shape index (κ2) is 9.74. The molecule has 3 heterocycles. The largest absolute Gasteiger partial charge is 0.489 e. The summed E-state index contributed by atoms with van der Waals surface area (Å²) in [5, 5.41) is 1.01. The molecule has 2 aromatic carbocycles. The summed E-state index contributed by atoms with van der Waals surface area (Å²) in [6.07, 6.45) is 2.07. The lowest BCUT2D eigenvalue weighted by molar-refractivity contribution is 0.0602. The Labute approximate surface area is 192 Å². The molecule has 1 saturated heterocycles. The SMILES string of the molecule is CONCc1nc2c(N)nc3cc(OCc4ccccc4)ccc3c2n1CC1CCOCC1. The molecule has 0 aliphatic carbocycles. The van der Waals surface area contributed by atoms with E-state index in [0.717, 1.165) is 71.7 Å². The molecule has 5 rings (SSSR count). The maximum Gasteiger partial charge on any atom is 0.152 e. The first-order valence-corrected chi connectivity index (χ1v) is 11.3. The molecule has 0 unspecified atom stereocenters. The van der Waals surface area contributed by atoms with E-state index >= 15 is 0 Å². The predicted octanol–water partition coefficient (Wildman–Crippen LogP) is 3.82. The van der Waals surface area contributed by atoms with Crippen LogP contribution >= 0.6 is 0 Å². The molecule has 0 bridgehead atoms. The summed E-state index contributed by atoms with van der Waals surface area (Å²) in [5.74, 6) is 2.58. The normalized spacial score (nSPS) is 14.8. The summed E-state index contributed by atoms with van der Waals surface area (Å²) in [6.45, 7) is 3.43. The molecular weight excluding hydrogens is 418 g/mol. The summed E-state index contributed by atoms with van der Waals surface area (Å²) < 4.78 is 13.8. The van der Waals surface area contributed by atoms with Crippen molar-refractivity contribution in [1.82, 2.24) is 20.0 Å². The number of hydroxylamine groups is 1. The van der Waals surface area contributed by atoms with Gasteiger partial charge in [-0.1, -0.05) is 30.3 Å². The van der Waals surface area contributed by atoms with Crippen LogP contribution in [0.4, 0.5) is 5.82 Å². The second-order valence-electron chi connectivity index (χ2n) is 8.37. The highest BCUT2D eigenvalue weighted by Gasteiger charge is 2.22. The van der Waals surface area contributed by atoms with E-state index < -0.39 is 0 Å². The average Bonchev–Trinajstić information content (AvgIpc) is 3.21. The molecule has 1 aliphatic heterocycles. The summed E-state index contributed by atoms with van der Waals surface area (Å²) in [5.41, 5.74) is 12.9. The van der Waals surface area contributed by atoms with E-state index in [1.165, 1.54) is 0 Å². The Morgan fingerprint density at radius 3 is 2.73 bits per heavy atom. The third-order valence-electron chi connectivity index (χ3n) is 6.16. The van der Waals surface area contributed by atoms with Gasteiger partial charge in [-0.05, 0) is 36.5 Å². The second-order valence-corrected chi connectivity index (χ2v) is 8.37. The van der Waals surface area contributed by atoms with Crippen molar-refractivity contribution in [3.8, 4) is 5.75 Å². The third-order valence-corrected chi connectivity index (χ3v) is 6.16. The number of pyridine rings is 1. The minimum Gasteiger partial charge on any atom is -0.489 e. The molecule has 172 valence electrons. The van der Waals surface area contributed by atoms with Crippen LogP contribution in [0.25, 0.3) is 21.9 Å². The molecule has 1 fully saturated rings. The number of hydrogen-bond donors (Lipinski definition) is 2. The minimum atomic E-state index is 0.419. The molecule has 0 spiro atoms. The average molecular weight is 448 g/mol. The Kier molecular flexibility index (Phi) is 6.39. The first-order chi connectivity index (χ1) is 16.2. The number of fused-ring (bicyclic) bond motifs is 3. The standard InChI is InChI=1S/C25H29N5O3/c1-31-27-14-22-29-23-24(30(22)15-17-9-11-32-12-10-17)20-8-7-19(13-21(20)28-25(23)26)33-16-18-5-3-2-4-6-18/h2-8,13,17,27H,9-12,14-16H2,1H3,(H2,26,28). The van der Waals surface area contributed by atoms with Crippen LogP contribution in [-0.2, 0) is 29.3 Å². The number of nitrogens with one attached hydrogen (secondary N) is 1. The number of nitrogens with zero attached hydrogens (tertiary/aromatic N) is 3. The van der Waals surface area contributed by atoms with Crippen LogP contribution < -0.4 is 16.0 Å². The third kappa shape index (κ3) is 4.64. The van der Waals surface area contributed by atoms with Crippen LogP contribution in [0, 0.1) is 5.92 Å². The van der Waals surface area contributed by atoms with Crippen LogP contribution in [0.1, 0.15) is 24.2 Å². The Hall–Kier alpha value is -3.20. The number of anilines is 1. The van der Waals surface area contributed by atoms with E-state index in [9.17, 15) is 0 Å². The lowest BCUT2D eigenvalue weighted by atomic mass is 10.00. The van der Waals surface area contributed by atoms with Gasteiger partial charge in [0.2, 0.25) is 0 Å². The molecule has 1 aliphatic rings. The van der Waals surface area contributed by atoms with E-state index in [4.69, 9.17) is 25.0 Å². The van der Waals surface area contributed by atoms with Gasteiger partial charge in [-0.15, -0.1) is 0 Å². The molecular formula is C25H29N5O3. The highest BCUT2D eigenvalue weighted by molar-refractivity contribution is 6.06. The number of imidazole rings is 1. The van der Waals surface area contributed by atoms with Crippen molar-refractivity contribution in [3.05, 3.63) is 59.9 Å². The summed E-state index contributed by atoms with van der Waals surface area (Å²) in [6, 6.07) is 16.1. The van der Waals surface area contributed by atoms with Crippen molar-refractivity contribution in [1.29, 1.82) is 0 Å². The Morgan fingerprint density at radius 1 is 1.12 bits per heavy atom. The topological polar surface area (TPSA) is 96.5 Å². The molecule has 3 N–H and O–H groups in total. The fraction of sp³-hybridized carbons (Fsp3) is 0.360. The van der Waals surface area contributed by atoms with Gasteiger partial charge in [-0.3, -0.25) is 0 Å². The highest BCUT2D eigenvalue weighted by atomic mass is 16.6. The van der Waals surface area contributed by atoms with Gasteiger partial charge in [-0.2, -0.15) is 5.48 Å². The fourth-order valence-electron chi connectivity index (χ4n) is 4.42. The predicted molar refractivity (Wildman–Crippen MR) is 128 cm³/mol. The van der Waals surface area contributed by atoms with Gasteiger partial charge in [0.25, 0.3) is 0 Å². The summed E-state index contributed by atoms with van der Waals surface area (Å²) in [7, 11) is 1.60. The van der Waals surface area contributed by atoms with Crippen LogP contribution in [0.3, 0.4) is 0 Å². The Balaban J connectivity index is 1.53. The monoisotopic (exact) mass is 447 g/mol. The number of nitrogens with two attached hydrogens (primary N) is 1. The number of aromatic nitrogens is 3. The fourth-order valence-corrected chi connectivity index (χ4v) is 4.42. The number of ether oxygens (including phenoxy) is 2. The maximum atomic E-state index is 6.38. The van der Waals surface area contributed by atoms with Gasteiger partial charge in [0.15, 0.2) is 5.82 Å². The van der Waals surface area contributed by atoms with E-state index in [1.807, 2.05) is 42.5 Å². The molecule has 0 atom stereocenters. The van der Waals surface area contributed by atoms with Crippen LogP contribution in [0.2, 0.25) is 0 Å². The molecule has 33 heavy (non-hydrogen) atoms. The zero-order chi connectivity index (χ0) is 22.6. The number of benzene rings is 2. The molecule has 8 nitrogen and oxygen atoms in total. The Bertz CT molecular complexity index is 1240. The maximum absolute atomic E-state index is 6.38. The zero-order valence-electron chi connectivity index (χ0n) is 18.8. The Morgan fingerprint density at radius 2 is 1.94 bits per heavy atom. The van der Waals surface area contributed by atoms with E-state index in [1.54, 1.807) is 7.11 Å². The van der Waals surface area contributed by atoms with Crippen LogP contribution in [-0.4, -0.2) is 34.9 Å². The number of rotatable bonds is 8.